The Balaban J connectivity index is 3.06. The van der Waals surface area contributed by atoms with Crippen LogP contribution in [0.5, 0.6) is 0 Å². The Hall–Kier alpha value is -1.15. The summed E-state index contributed by atoms with van der Waals surface area (Å²) >= 11 is 0. The maximum atomic E-state index is 13.5. The Morgan fingerprint density at radius 1 is 1.57 bits per heavy atom. The number of benzene rings is 1. The standard InChI is InChI=1S/C12H16FN/c1-8(2)11-5-4-10(6-12(11)13)9(3)7-14/h4-6,9H,1,7,14H2,2-3H3. The molecule has 0 heterocycles. The lowest BCUT2D eigenvalue weighted by atomic mass is 9.98. The van der Waals surface area contributed by atoms with Crippen LogP contribution in [-0.2, 0) is 0 Å². The van der Waals surface area contributed by atoms with Crippen molar-refractivity contribution in [3.8, 4) is 0 Å². The zero-order chi connectivity index (χ0) is 10.7. The van der Waals surface area contributed by atoms with Gasteiger partial charge in [-0.05, 0) is 36.6 Å². The first-order valence-corrected chi connectivity index (χ1v) is 4.71. The van der Waals surface area contributed by atoms with E-state index in [-0.39, 0.29) is 11.7 Å². The molecular formula is C12H16FN. The second kappa shape index (κ2) is 4.38. The fourth-order valence-electron chi connectivity index (χ4n) is 1.32. The summed E-state index contributed by atoms with van der Waals surface area (Å²) in [5, 5.41) is 0. The number of halogens is 1. The summed E-state index contributed by atoms with van der Waals surface area (Å²) in [5.74, 6) is -0.0148. The lowest BCUT2D eigenvalue weighted by Crippen LogP contribution is -2.09. The first-order valence-electron chi connectivity index (χ1n) is 4.71. The van der Waals surface area contributed by atoms with Gasteiger partial charge in [0, 0.05) is 5.56 Å². The normalized spacial score (nSPS) is 12.6. The van der Waals surface area contributed by atoms with Gasteiger partial charge in [-0.15, -0.1) is 0 Å². The van der Waals surface area contributed by atoms with Gasteiger partial charge in [0.2, 0.25) is 0 Å². The van der Waals surface area contributed by atoms with Gasteiger partial charge in [-0.2, -0.15) is 0 Å². The van der Waals surface area contributed by atoms with E-state index in [2.05, 4.69) is 6.58 Å². The van der Waals surface area contributed by atoms with Crippen molar-refractivity contribution in [2.24, 2.45) is 5.73 Å². The highest BCUT2D eigenvalue weighted by molar-refractivity contribution is 5.62. The highest BCUT2D eigenvalue weighted by atomic mass is 19.1. The number of allylic oxidation sites excluding steroid dienone is 1. The zero-order valence-corrected chi connectivity index (χ0v) is 8.68. The third kappa shape index (κ3) is 2.20. The minimum absolute atomic E-state index is 0.198. The molecule has 0 aliphatic rings. The average molecular weight is 193 g/mol. The maximum absolute atomic E-state index is 13.5. The summed E-state index contributed by atoms with van der Waals surface area (Å²) in [6.07, 6.45) is 0. The fraction of sp³-hybridized carbons (Fsp3) is 0.333. The molecule has 2 heteroatoms. The predicted octanol–water partition coefficient (Wildman–Crippen LogP) is 2.92. The summed E-state index contributed by atoms with van der Waals surface area (Å²) in [4.78, 5) is 0. The molecule has 1 unspecified atom stereocenters. The van der Waals surface area contributed by atoms with Crippen molar-refractivity contribution in [1.29, 1.82) is 0 Å². The third-order valence-corrected chi connectivity index (χ3v) is 2.38. The van der Waals surface area contributed by atoms with Crippen LogP contribution in [0.25, 0.3) is 5.57 Å². The van der Waals surface area contributed by atoms with Crippen molar-refractivity contribution < 1.29 is 4.39 Å². The number of rotatable bonds is 3. The van der Waals surface area contributed by atoms with Gasteiger partial charge in [0.1, 0.15) is 5.82 Å². The van der Waals surface area contributed by atoms with Crippen molar-refractivity contribution in [3.05, 3.63) is 41.7 Å². The minimum Gasteiger partial charge on any atom is -0.330 e. The lowest BCUT2D eigenvalue weighted by Gasteiger charge is -2.10. The van der Waals surface area contributed by atoms with Gasteiger partial charge >= 0.3 is 0 Å². The van der Waals surface area contributed by atoms with Crippen LogP contribution in [0.3, 0.4) is 0 Å². The van der Waals surface area contributed by atoms with Gasteiger partial charge < -0.3 is 5.73 Å². The molecule has 0 amide bonds. The van der Waals surface area contributed by atoms with Crippen molar-refractivity contribution >= 4 is 5.57 Å². The van der Waals surface area contributed by atoms with Crippen molar-refractivity contribution in [2.75, 3.05) is 6.54 Å². The van der Waals surface area contributed by atoms with E-state index in [1.54, 1.807) is 19.1 Å². The zero-order valence-electron chi connectivity index (χ0n) is 8.68. The monoisotopic (exact) mass is 193 g/mol. The van der Waals surface area contributed by atoms with E-state index in [0.717, 1.165) is 11.1 Å². The molecule has 0 bridgehead atoms. The molecule has 76 valence electrons. The summed E-state index contributed by atoms with van der Waals surface area (Å²) in [6, 6.07) is 5.21. The van der Waals surface area contributed by atoms with Crippen LogP contribution in [0.2, 0.25) is 0 Å². The number of hydrogen-bond acceptors (Lipinski definition) is 1. The largest absolute Gasteiger partial charge is 0.330 e. The van der Waals surface area contributed by atoms with Crippen LogP contribution >= 0.6 is 0 Å². The second-order valence-corrected chi connectivity index (χ2v) is 3.66. The van der Waals surface area contributed by atoms with Gasteiger partial charge in [-0.25, -0.2) is 4.39 Å². The van der Waals surface area contributed by atoms with Gasteiger partial charge in [0.15, 0.2) is 0 Å². The fourth-order valence-corrected chi connectivity index (χ4v) is 1.32. The highest BCUT2D eigenvalue weighted by Gasteiger charge is 2.07. The van der Waals surface area contributed by atoms with Crippen LogP contribution in [0.1, 0.15) is 30.9 Å². The first-order chi connectivity index (χ1) is 6.56. The van der Waals surface area contributed by atoms with Crippen molar-refractivity contribution in [2.45, 2.75) is 19.8 Å². The Labute approximate surface area is 84.4 Å². The SMILES string of the molecule is C=C(C)c1ccc(C(C)CN)cc1F. The van der Waals surface area contributed by atoms with Crippen LogP contribution in [0.15, 0.2) is 24.8 Å². The third-order valence-electron chi connectivity index (χ3n) is 2.38. The van der Waals surface area contributed by atoms with Crippen LogP contribution in [-0.4, -0.2) is 6.54 Å². The molecule has 2 N–H and O–H groups in total. The Morgan fingerprint density at radius 2 is 2.21 bits per heavy atom. The molecule has 0 fully saturated rings. The molecule has 0 saturated carbocycles. The van der Waals surface area contributed by atoms with Crippen LogP contribution < -0.4 is 5.73 Å². The van der Waals surface area contributed by atoms with E-state index < -0.39 is 0 Å². The molecule has 14 heavy (non-hydrogen) atoms. The minimum atomic E-state index is -0.213. The Bertz CT molecular complexity index is 344. The van der Waals surface area contributed by atoms with E-state index >= 15 is 0 Å². The average Bonchev–Trinajstić information content (AvgIpc) is 2.15. The lowest BCUT2D eigenvalue weighted by molar-refractivity contribution is 0.618. The summed E-state index contributed by atoms with van der Waals surface area (Å²) in [7, 11) is 0. The second-order valence-electron chi connectivity index (χ2n) is 3.66. The van der Waals surface area contributed by atoms with Crippen molar-refractivity contribution in [1.82, 2.24) is 0 Å². The Morgan fingerprint density at radius 3 is 2.64 bits per heavy atom. The molecule has 1 atom stereocenters. The quantitative estimate of drug-likeness (QED) is 0.784. The van der Waals surface area contributed by atoms with E-state index in [9.17, 15) is 4.39 Å². The highest BCUT2D eigenvalue weighted by Crippen LogP contribution is 2.21. The van der Waals surface area contributed by atoms with E-state index in [0.29, 0.717) is 12.1 Å². The summed E-state index contributed by atoms with van der Waals surface area (Å²) in [5.41, 5.74) is 7.78. The maximum Gasteiger partial charge on any atom is 0.130 e. The Kier molecular flexibility index (Phi) is 3.42. The molecule has 0 saturated heterocycles. The van der Waals surface area contributed by atoms with E-state index in [1.165, 1.54) is 0 Å². The molecule has 0 aliphatic carbocycles. The molecule has 1 aromatic rings. The predicted molar refractivity (Wildman–Crippen MR) is 58.6 cm³/mol. The van der Waals surface area contributed by atoms with Crippen LogP contribution in [0, 0.1) is 5.82 Å². The number of hydrogen-bond donors (Lipinski definition) is 1. The summed E-state index contributed by atoms with van der Waals surface area (Å²) < 4.78 is 13.5. The molecule has 0 aliphatic heterocycles. The molecular weight excluding hydrogens is 177 g/mol. The molecule has 1 aromatic carbocycles. The summed E-state index contributed by atoms with van der Waals surface area (Å²) in [6.45, 7) is 8.03. The van der Waals surface area contributed by atoms with Gasteiger partial charge in [-0.1, -0.05) is 25.6 Å². The van der Waals surface area contributed by atoms with Crippen LogP contribution in [0.4, 0.5) is 4.39 Å². The molecule has 0 aromatic heterocycles. The van der Waals surface area contributed by atoms with E-state index in [4.69, 9.17) is 5.73 Å². The van der Waals surface area contributed by atoms with E-state index in [1.807, 2.05) is 13.0 Å². The number of nitrogens with two attached hydrogens (primary N) is 1. The topological polar surface area (TPSA) is 26.0 Å². The van der Waals surface area contributed by atoms with Gasteiger partial charge in [0.05, 0.1) is 0 Å². The molecule has 1 nitrogen and oxygen atoms in total. The molecule has 1 rings (SSSR count). The van der Waals surface area contributed by atoms with Crippen molar-refractivity contribution in [3.63, 3.8) is 0 Å². The molecule has 0 radical (unpaired) electrons. The van der Waals surface area contributed by atoms with Gasteiger partial charge in [0.25, 0.3) is 0 Å². The first kappa shape index (κ1) is 10.9. The molecule has 0 spiro atoms. The van der Waals surface area contributed by atoms with Gasteiger partial charge in [-0.3, -0.25) is 0 Å². The smallest absolute Gasteiger partial charge is 0.130 e.